The van der Waals surface area contributed by atoms with Crippen LogP contribution in [0.15, 0.2) is 24.3 Å². The Labute approximate surface area is 99.2 Å². The zero-order valence-corrected chi connectivity index (χ0v) is 9.87. The predicted molar refractivity (Wildman–Crippen MR) is 62.9 cm³/mol. The van der Waals surface area contributed by atoms with E-state index in [1.807, 2.05) is 0 Å². The van der Waals surface area contributed by atoms with Crippen LogP contribution in [0.4, 0.5) is 10.1 Å². The van der Waals surface area contributed by atoms with Crippen molar-refractivity contribution in [3.63, 3.8) is 0 Å². The van der Waals surface area contributed by atoms with Crippen LogP contribution in [-0.2, 0) is 4.79 Å². The number of Topliss-reactive ketones (excluding diaryl/α,β-unsaturated/α-hetero) is 1. The minimum absolute atomic E-state index is 0.129. The monoisotopic (exact) mass is 235 g/mol. The lowest BCUT2D eigenvalue weighted by atomic mass is 9.85. The van der Waals surface area contributed by atoms with Gasteiger partial charge in [0.25, 0.3) is 11.6 Å². The highest BCUT2D eigenvalue weighted by Crippen LogP contribution is 2.36. The van der Waals surface area contributed by atoms with Gasteiger partial charge in [-0.25, -0.2) is 4.39 Å². The van der Waals surface area contributed by atoms with E-state index in [9.17, 15) is 14.0 Å². The molecule has 2 rings (SSSR count). The molecule has 17 heavy (non-hydrogen) atoms. The first-order valence-corrected chi connectivity index (χ1v) is 5.71. The number of carbonyl (C=O) groups excluding carboxylic acids is 2. The molecule has 1 aromatic rings. The number of anilines is 1. The number of amides is 1. The summed E-state index contributed by atoms with van der Waals surface area (Å²) in [5.74, 6) is -1.46. The summed E-state index contributed by atoms with van der Waals surface area (Å²) in [5, 5.41) is 0. The first kappa shape index (κ1) is 11.8. The molecule has 1 aliphatic heterocycles. The normalized spacial score (nSPS) is 23.8. The molecule has 0 fully saturated rings. The highest BCUT2D eigenvalue weighted by atomic mass is 19.1. The molecule has 0 spiro atoms. The minimum atomic E-state index is -2.40. The van der Waals surface area contributed by atoms with Crippen molar-refractivity contribution in [1.29, 1.82) is 0 Å². The van der Waals surface area contributed by atoms with Crippen LogP contribution in [0, 0.1) is 0 Å². The second kappa shape index (κ2) is 3.95. The average Bonchev–Trinajstić information content (AvgIpc) is 2.37. The van der Waals surface area contributed by atoms with Gasteiger partial charge in [0.1, 0.15) is 0 Å². The zero-order valence-electron chi connectivity index (χ0n) is 9.87. The summed E-state index contributed by atoms with van der Waals surface area (Å²) in [6.07, 6.45) is -0.129. The van der Waals surface area contributed by atoms with Gasteiger partial charge in [0, 0.05) is 12.1 Å². The summed E-state index contributed by atoms with van der Waals surface area (Å²) in [5.41, 5.74) is -1.60. The van der Waals surface area contributed by atoms with E-state index in [2.05, 4.69) is 0 Å². The maximum Gasteiger partial charge on any atom is 0.272 e. The number of benzene rings is 1. The lowest BCUT2D eigenvalue weighted by Crippen LogP contribution is -2.55. The van der Waals surface area contributed by atoms with Crippen molar-refractivity contribution in [2.75, 3.05) is 11.4 Å². The van der Waals surface area contributed by atoms with E-state index in [1.54, 1.807) is 31.2 Å². The number of fused-ring (bicyclic) bond motifs is 1. The first-order valence-electron chi connectivity index (χ1n) is 5.71. The smallest absolute Gasteiger partial charge is 0.272 e. The molecule has 0 bridgehead atoms. The summed E-state index contributed by atoms with van der Waals surface area (Å²) in [6, 6.07) is 6.65. The van der Waals surface area contributed by atoms with E-state index < -0.39 is 17.4 Å². The Balaban J connectivity index is 2.65. The molecule has 0 N–H and O–H groups in total. The molecule has 1 amide bonds. The summed E-state index contributed by atoms with van der Waals surface area (Å²) in [7, 11) is 0. The maximum atomic E-state index is 14.5. The summed E-state index contributed by atoms with van der Waals surface area (Å²) in [4.78, 5) is 25.4. The minimum Gasteiger partial charge on any atom is -0.309 e. The van der Waals surface area contributed by atoms with Crippen molar-refractivity contribution < 1.29 is 14.0 Å². The lowest BCUT2D eigenvalue weighted by molar-refractivity contribution is -0.127. The van der Waals surface area contributed by atoms with Crippen LogP contribution in [-0.4, -0.2) is 23.9 Å². The van der Waals surface area contributed by atoms with Gasteiger partial charge in [-0.1, -0.05) is 19.1 Å². The van der Waals surface area contributed by atoms with Crippen LogP contribution in [0.2, 0.25) is 0 Å². The van der Waals surface area contributed by atoms with Crippen molar-refractivity contribution in [1.82, 2.24) is 0 Å². The fourth-order valence-electron chi connectivity index (χ4n) is 2.16. The molecule has 1 heterocycles. The van der Waals surface area contributed by atoms with E-state index in [0.717, 1.165) is 0 Å². The van der Waals surface area contributed by atoms with Gasteiger partial charge < -0.3 is 4.90 Å². The second-order valence-corrected chi connectivity index (χ2v) is 4.05. The topological polar surface area (TPSA) is 37.4 Å². The molecule has 0 aliphatic carbocycles. The molecule has 1 atom stereocenters. The van der Waals surface area contributed by atoms with Gasteiger partial charge in [0.05, 0.1) is 5.69 Å². The number of para-hydroxylation sites is 1. The van der Waals surface area contributed by atoms with Gasteiger partial charge in [0.15, 0.2) is 0 Å². The number of carbonyl (C=O) groups is 2. The van der Waals surface area contributed by atoms with E-state index in [0.29, 0.717) is 17.8 Å². The van der Waals surface area contributed by atoms with Gasteiger partial charge in [-0.15, -0.1) is 0 Å². The van der Waals surface area contributed by atoms with Gasteiger partial charge >= 0.3 is 0 Å². The van der Waals surface area contributed by atoms with Crippen molar-refractivity contribution in [2.24, 2.45) is 0 Å². The van der Waals surface area contributed by atoms with Crippen LogP contribution in [0.25, 0.3) is 0 Å². The van der Waals surface area contributed by atoms with E-state index in [-0.39, 0.29) is 6.42 Å². The molecule has 1 aromatic carbocycles. The Morgan fingerprint density at radius 1 is 1.24 bits per heavy atom. The van der Waals surface area contributed by atoms with Crippen molar-refractivity contribution in [3.8, 4) is 0 Å². The number of ketones is 1. The summed E-state index contributed by atoms with van der Waals surface area (Å²) >= 11 is 0. The quantitative estimate of drug-likeness (QED) is 0.738. The van der Waals surface area contributed by atoms with Crippen LogP contribution in [0.1, 0.15) is 30.6 Å². The Kier molecular flexibility index (Phi) is 2.73. The number of hydrogen-bond donors (Lipinski definition) is 0. The van der Waals surface area contributed by atoms with Gasteiger partial charge in [-0.05, 0) is 25.5 Å². The number of rotatable bonds is 2. The molecule has 4 heteroatoms. The zero-order chi connectivity index (χ0) is 12.6. The Hall–Kier alpha value is -1.71. The second-order valence-electron chi connectivity index (χ2n) is 4.05. The molecule has 90 valence electrons. The van der Waals surface area contributed by atoms with E-state index >= 15 is 0 Å². The van der Waals surface area contributed by atoms with Gasteiger partial charge in [0.2, 0.25) is 5.78 Å². The van der Waals surface area contributed by atoms with Gasteiger partial charge in [-0.2, -0.15) is 0 Å². The molecular formula is C13H14FNO2. The summed E-state index contributed by atoms with van der Waals surface area (Å²) in [6.45, 7) is 3.63. The number of alkyl halides is 1. The van der Waals surface area contributed by atoms with Crippen LogP contribution >= 0.6 is 0 Å². The third-order valence-electron chi connectivity index (χ3n) is 3.19. The molecule has 0 radical (unpaired) electrons. The molecule has 1 aliphatic rings. The predicted octanol–water partition coefficient (Wildman–Crippen LogP) is 2.35. The highest BCUT2D eigenvalue weighted by Gasteiger charge is 2.51. The first-order chi connectivity index (χ1) is 8.06. The molecule has 0 saturated carbocycles. The van der Waals surface area contributed by atoms with Crippen LogP contribution in [0.3, 0.4) is 0 Å². The Morgan fingerprint density at radius 3 is 2.47 bits per heavy atom. The average molecular weight is 235 g/mol. The number of nitrogens with zero attached hydrogens (tertiary/aromatic N) is 1. The Morgan fingerprint density at radius 2 is 1.88 bits per heavy atom. The fourth-order valence-corrected chi connectivity index (χ4v) is 2.16. The van der Waals surface area contributed by atoms with Crippen molar-refractivity contribution >= 4 is 17.4 Å². The largest absolute Gasteiger partial charge is 0.309 e. The highest BCUT2D eigenvalue weighted by molar-refractivity contribution is 6.27. The molecule has 0 aromatic heterocycles. The third kappa shape index (κ3) is 1.47. The van der Waals surface area contributed by atoms with E-state index in [4.69, 9.17) is 0 Å². The SMILES string of the molecule is CCN1C(=O)[C@@](F)(CC)C(=O)c2ccccc21. The number of halogens is 1. The molecular weight excluding hydrogens is 221 g/mol. The molecule has 3 nitrogen and oxygen atoms in total. The van der Waals surface area contributed by atoms with Gasteiger partial charge in [-0.3, -0.25) is 9.59 Å². The maximum absolute atomic E-state index is 14.5. The molecule has 0 saturated heterocycles. The van der Waals surface area contributed by atoms with Crippen LogP contribution < -0.4 is 4.90 Å². The van der Waals surface area contributed by atoms with Crippen molar-refractivity contribution in [3.05, 3.63) is 29.8 Å². The standard InChI is InChI=1S/C13H14FNO2/c1-3-13(14)11(16)9-7-5-6-8-10(9)15(4-2)12(13)17/h5-8H,3-4H2,1-2H3/t13-/m1/s1. The lowest BCUT2D eigenvalue weighted by Gasteiger charge is -2.35. The summed E-state index contributed by atoms with van der Waals surface area (Å²) < 4.78 is 14.5. The van der Waals surface area contributed by atoms with Crippen LogP contribution in [0.5, 0.6) is 0 Å². The van der Waals surface area contributed by atoms with Crippen molar-refractivity contribution in [2.45, 2.75) is 25.9 Å². The molecule has 0 unspecified atom stereocenters. The fraction of sp³-hybridized carbons (Fsp3) is 0.385. The Bertz CT molecular complexity index is 486. The number of hydrogen-bond acceptors (Lipinski definition) is 2. The third-order valence-corrected chi connectivity index (χ3v) is 3.19. The van der Waals surface area contributed by atoms with E-state index in [1.165, 1.54) is 11.8 Å².